The molecule has 2 aliphatic heterocycles. The van der Waals surface area contributed by atoms with Crippen LogP contribution < -0.4 is 10.6 Å². The number of benzene rings is 2. The number of nitrogens with one attached hydrogen (secondary N) is 2. The zero-order chi connectivity index (χ0) is 22.0. The Morgan fingerprint density at radius 3 is 2.58 bits per heavy atom. The fraction of sp³-hybridized carbons (Fsp3) is 0.364. The van der Waals surface area contributed by atoms with Crippen molar-refractivity contribution in [3.8, 4) is 0 Å². The summed E-state index contributed by atoms with van der Waals surface area (Å²) >= 11 is 0. The van der Waals surface area contributed by atoms with Gasteiger partial charge in [-0.15, -0.1) is 0 Å². The summed E-state index contributed by atoms with van der Waals surface area (Å²) in [6, 6.07) is 10.7. The van der Waals surface area contributed by atoms with Gasteiger partial charge in [-0.25, -0.2) is 12.8 Å². The minimum absolute atomic E-state index is 0.0647. The Labute approximate surface area is 180 Å². The fourth-order valence-electron chi connectivity index (χ4n) is 4.02. The van der Waals surface area contributed by atoms with Gasteiger partial charge in [0.1, 0.15) is 5.82 Å². The molecule has 9 heteroatoms. The van der Waals surface area contributed by atoms with Crippen molar-refractivity contribution in [3.63, 3.8) is 0 Å². The van der Waals surface area contributed by atoms with Crippen LogP contribution in [-0.4, -0.2) is 37.6 Å². The molecule has 0 aliphatic carbocycles. The first-order valence-corrected chi connectivity index (χ1v) is 11.8. The van der Waals surface area contributed by atoms with E-state index < -0.39 is 15.8 Å². The number of nitrogens with zero attached hydrogens (tertiary/aromatic N) is 1. The van der Waals surface area contributed by atoms with Crippen molar-refractivity contribution in [3.05, 3.63) is 53.8 Å². The van der Waals surface area contributed by atoms with E-state index in [4.69, 9.17) is 0 Å². The first kappa shape index (κ1) is 21.5. The molecule has 1 fully saturated rings. The minimum Gasteiger partial charge on any atom is -0.326 e. The molecule has 0 radical (unpaired) electrons. The number of piperidine rings is 1. The Morgan fingerprint density at radius 2 is 1.84 bits per heavy atom. The predicted molar refractivity (Wildman–Crippen MR) is 115 cm³/mol. The first-order chi connectivity index (χ1) is 14.8. The second kappa shape index (κ2) is 8.76. The zero-order valence-electron chi connectivity index (χ0n) is 16.9. The quantitative estimate of drug-likeness (QED) is 0.756. The third-order valence-corrected chi connectivity index (χ3v) is 7.69. The van der Waals surface area contributed by atoms with E-state index in [1.807, 2.05) is 0 Å². The SMILES string of the molecule is O=C1CCCc2cc(S(=O)(=O)N3CCC(C(=O)Nc4ccccc4F)CC3)ccc2N1. The van der Waals surface area contributed by atoms with Crippen LogP contribution in [0.1, 0.15) is 31.2 Å². The molecule has 2 heterocycles. The highest BCUT2D eigenvalue weighted by Gasteiger charge is 2.32. The number of hydrogen-bond donors (Lipinski definition) is 2. The maximum atomic E-state index is 13.8. The predicted octanol–water partition coefficient (Wildman–Crippen LogP) is 3.14. The standard InChI is InChI=1S/C22H24FN3O4S/c23-18-5-1-2-6-20(18)25-22(28)15-10-12-26(13-11-15)31(29,30)17-8-9-19-16(14-17)4-3-7-21(27)24-19/h1-2,5-6,8-9,14-15H,3-4,7,10-13H2,(H,24,27)(H,25,28). The number of fused-ring (bicyclic) bond motifs is 1. The van der Waals surface area contributed by atoms with Crippen LogP contribution in [0.15, 0.2) is 47.4 Å². The molecule has 164 valence electrons. The van der Waals surface area contributed by atoms with E-state index in [-0.39, 0.29) is 41.4 Å². The van der Waals surface area contributed by atoms with Gasteiger partial charge in [0.05, 0.1) is 10.6 Å². The molecule has 0 bridgehead atoms. The largest absolute Gasteiger partial charge is 0.326 e. The van der Waals surface area contributed by atoms with E-state index >= 15 is 0 Å². The number of hydrogen-bond acceptors (Lipinski definition) is 4. The average molecular weight is 446 g/mol. The first-order valence-electron chi connectivity index (χ1n) is 10.3. The molecule has 1 saturated heterocycles. The van der Waals surface area contributed by atoms with Crippen molar-refractivity contribution in [2.24, 2.45) is 5.92 Å². The topological polar surface area (TPSA) is 95.6 Å². The van der Waals surface area contributed by atoms with E-state index in [2.05, 4.69) is 10.6 Å². The zero-order valence-corrected chi connectivity index (χ0v) is 17.8. The highest BCUT2D eigenvalue weighted by atomic mass is 32.2. The van der Waals surface area contributed by atoms with Crippen LogP contribution in [0.2, 0.25) is 0 Å². The van der Waals surface area contributed by atoms with Crippen LogP contribution in [0, 0.1) is 11.7 Å². The van der Waals surface area contributed by atoms with Gasteiger partial charge in [0.25, 0.3) is 0 Å². The highest BCUT2D eigenvalue weighted by Crippen LogP contribution is 2.29. The molecule has 2 amide bonds. The van der Waals surface area contributed by atoms with E-state index in [9.17, 15) is 22.4 Å². The number of para-hydroxylation sites is 1. The summed E-state index contributed by atoms with van der Waals surface area (Å²) in [4.78, 5) is 24.4. The van der Waals surface area contributed by atoms with Gasteiger partial charge >= 0.3 is 0 Å². The molecule has 31 heavy (non-hydrogen) atoms. The molecule has 2 aliphatic rings. The van der Waals surface area contributed by atoms with E-state index in [1.165, 1.54) is 22.5 Å². The Hall–Kier alpha value is -2.78. The molecule has 0 aromatic heterocycles. The lowest BCUT2D eigenvalue weighted by molar-refractivity contribution is -0.121. The summed E-state index contributed by atoms with van der Waals surface area (Å²) < 4.78 is 41.4. The van der Waals surface area contributed by atoms with Crippen LogP contribution in [0.4, 0.5) is 15.8 Å². The maximum absolute atomic E-state index is 13.8. The number of anilines is 2. The van der Waals surface area contributed by atoms with Crippen molar-refractivity contribution in [2.75, 3.05) is 23.7 Å². The number of rotatable bonds is 4. The summed E-state index contributed by atoms with van der Waals surface area (Å²) in [5.41, 5.74) is 1.59. The molecule has 2 N–H and O–H groups in total. The van der Waals surface area contributed by atoms with Gasteiger partial charge in [-0.3, -0.25) is 9.59 Å². The number of halogens is 1. The molecule has 4 rings (SSSR count). The fourth-order valence-corrected chi connectivity index (χ4v) is 5.54. The normalized spacial score (nSPS) is 18.0. The number of aryl methyl sites for hydroxylation is 1. The summed E-state index contributed by atoms with van der Waals surface area (Å²) in [6.45, 7) is 0.428. The molecular formula is C22H24FN3O4S. The molecule has 2 aromatic carbocycles. The number of amides is 2. The molecule has 0 saturated carbocycles. The van der Waals surface area contributed by atoms with Gasteiger partial charge in [-0.2, -0.15) is 4.31 Å². The molecule has 2 aromatic rings. The van der Waals surface area contributed by atoms with Gasteiger partial charge in [-0.05, 0) is 61.6 Å². The Kier molecular flexibility index (Phi) is 6.06. The second-order valence-corrected chi connectivity index (χ2v) is 9.81. The highest BCUT2D eigenvalue weighted by molar-refractivity contribution is 7.89. The summed E-state index contributed by atoms with van der Waals surface area (Å²) in [7, 11) is -3.71. The summed E-state index contributed by atoms with van der Waals surface area (Å²) in [5, 5.41) is 5.40. The van der Waals surface area contributed by atoms with Crippen LogP contribution in [0.3, 0.4) is 0 Å². The third-order valence-electron chi connectivity index (χ3n) is 5.79. The number of carbonyl (C=O) groups excluding carboxylic acids is 2. The van der Waals surface area contributed by atoms with Crippen LogP contribution in [0.25, 0.3) is 0 Å². The summed E-state index contributed by atoms with van der Waals surface area (Å²) in [5.74, 6) is -1.25. The smallest absolute Gasteiger partial charge is 0.243 e. The van der Waals surface area contributed by atoms with Gasteiger partial charge in [0.2, 0.25) is 21.8 Å². The van der Waals surface area contributed by atoms with Crippen LogP contribution >= 0.6 is 0 Å². The monoisotopic (exact) mass is 445 g/mol. The van der Waals surface area contributed by atoms with Crippen molar-refractivity contribution >= 4 is 33.2 Å². The van der Waals surface area contributed by atoms with Crippen molar-refractivity contribution in [1.82, 2.24) is 4.31 Å². The minimum atomic E-state index is -3.71. The van der Waals surface area contributed by atoms with E-state index in [0.29, 0.717) is 37.8 Å². The van der Waals surface area contributed by atoms with E-state index in [0.717, 1.165) is 5.56 Å². The Morgan fingerprint density at radius 1 is 1.10 bits per heavy atom. The average Bonchev–Trinajstić information content (AvgIpc) is 2.95. The maximum Gasteiger partial charge on any atom is 0.243 e. The van der Waals surface area contributed by atoms with Gasteiger partial charge in [0.15, 0.2) is 0 Å². The number of carbonyl (C=O) groups is 2. The molecule has 0 unspecified atom stereocenters. The van der Waals surface area contributed by atoms with Gasteiger partial charge in [0, 0.05) is 31.1 Å². The van der Waals surface area contributed by atoms with Crippen LogP contribution in [-0.2, 0) is 26.0 Å². The summed E-state index contributed by atoms with van der Waals surface area (Å²) in [6.07, 6.45) is 2.45. The lowest BCUT2D eigenvalue weighted by atomic mass is 9.97. The Balaban J connectivity index is 1.42. The molecular weight excluding hydrogens is 421 g/mol. The van der Waals surface area contributed by atoms with Crippen molar-refractivity contribution < 1.29 is 22.4 Å². The van der Waals surface area contributed by atoms with Gasteiger partial charge < -0.3 is 10.6 Å². The van der Waals surface area contributed by atoms with Crippen molar-refractivity contribution in [2.45, 2.75) is 37.0 Å². The lowest BCUT2D eigenvalue weighted by Crippen LogP contribution is -2.41. The third kappa shape index (κ3) is 4.62. The molecule has 7 nitrogen and oxygen atoms in total. The lowest BCUT2D eigenvalue weighted by Gasteiger charge is -2.30. The van der Waals surface area contributed by atoms with Gasteiger partial charge in [-0.1, -0.05) is 12.1 Å². The number of sulfonamides is 1. The van der Waals surface area contributed by atoms with Crippen LogP contribution in [0.5, 0.6) is 0 Å². The van der Waals surface area contributed by atoms with Crippen molar-refractivity contribution in [1.29, 1.82) is 0 Å². The Bertz CT molecular complexity index is 1110. The van der Waals surface area contributed by atoms with E-state index in [1.54, 1.807) is 24.3 Å². The molecule has 0 atom stereocenters. The second-order valence-electron chi connectivity index (χ2n) is 7.87. The molecule has 0 spiro atoms.